The zero-order valence-electron chi connectivity index (χ0n) is 22.8. The molecule has 214 valence electrons. The minimum absolute atomic E-state index is 0.0297. The molecule has 40 heavy (non-hydrogen) atoms. The van der Waals surface area contributed by atoms with Crippen LogP contribution in [0.5, 0.6) is 5.75 Å². The van der Waals surface area contributed by atoms with Crippen LogP contribution in [0.3, 0.4) is 0 Å². The lowest BCUT2D eigenvalue weighted by Gasteiger charge is -2.34. The molecule has 11 heteroatoms. The number of ether oxygens (including phenoxy) is 1. The Labute approximate surface area is 234 Å². The minimum atomic E-state index is -3.98. The third kappa shape index (κ3) is 7.35. The quantitative estimate of drug-likeness (QED) is 0.406. The molecule has 0 saturated carbocycles. The van der Waals surface area contributed by atoms with Gasteiger partial charge in [-0.05, 0) is 74.1 Å². The van der Waals surface area contributed by atoms with E-state index in [1.807, 2.05) is 26.1 Å². The predicted molar refractivity (Wildman–Crippen MR) is 150 cm³/mol. The smallest absolute Gasteiger partial charge is 0.261 e. The standard InChI is InChI=1S/C29H35FN4O5S/c1-20-16-34(21(2)19-35)29(36)15-23-14-25(32-40(37,38)26-7-4-24(30)5-8-26)6-9-27(23)39-28(20)18-33(3)17-22-10-12-31-13-11-22/h4-14,20-21,28,32,35H,15-19H2,1-3H3/t20-,21-,28-/m1/s1. The highest BCUT2D eigenvalue weighted by Gasteiger charge is 2.31. The van der Waals surface area contributed by atoms with Crippen molar-refractivity contribution in [2.45, 2.75) is 43.9 Å². The van der Waals surface area contributed by atoms with E-state index in [-0.39, 0.29) is 41.5 Å². The van der Waals surface area contributed by atoms with Gasteiger partial charge in [0.25, 0.3) is 10.0 Å². The number of hydrogen-bond donors (Lipinski definition) is 2. The maximum Gasteiger partial charge on any atom is 0.261 e. The predicted octanol–water partition coefficient (Wildman–Crippen LogP) is 3.30. The van der Waals surface area contributed by atoms with Gasteiger partial charge >= 0.3 is 0 Å². The first kappa shape index (κ1) is 29.4. The first-order valence-electron chi connectivity index (χ1n) is 13.1. The van der Waals surface area contributed by atoms with E-state index in [1.165, 1.54) is 12.1 Å². The highest BCUT2D eigenvalue weighted by atomic mass is 32.2. The maximum absolute atomic E-state index is 13.4. The molecular formula is C29H35FN4O5S. The van der Waals surface area contributed by atoms with Crippen LogP contribution in [0, 0.1) is 11.7 Å². The van der Waals surface area contributed by atoms with Crippen LogP contribution in [0.25, 0.3) is 0 Å². The van der Waals surface area contributed by atoms with Crippen molar-refractivity contribution in [3.05, 3.63) is 83.9 Å². The second kappa shape index (κ2) is 12.8. The molecule has 2 heterocycles. The van der Waals surface area contributed by atoms with Gasteiger partial charge in [-0.25, -0.2) is 12.8 Å². The third-order valence-corrected chi connectivity index (χ3v) is 8.38. The molecule has 0 radical (unpaired) electrons. The molecule has 1 aliphatic rings. The zero-order valence-corrected chi connectivity index (χ0v) is 23.6. The van der Waals surface area contributed by atoms with Crippen molar-refractivity contribution in [3.63, 3.8) is 0 Å². The number of fused-ring (bicyclic) bond motifs is 1. The van der Waals surface area contributed by atoms with Gasteiger partial charge in [-0.15, -0.1) is 0 Å². The molecule has 0 fully saturated rings. The van der Waals surface area contributed by atoms with E-state index in [1.54, 1.807) is 42.4 Å². The Balaban J connectivity index is 1.63. The first-order chi connectivity index (χ1) is 19.1. The second-order valence-electron chi connectivity index (χ2n) is 10.3. The van der Waals surface area contributed by atoms with Crippen molar-refractivity contribution in [1.82, 2.24) is 14.8 Å². The van der Waals surface area contributed by atoms with Gasteiger partial charge in [0, 0.05) is 49.2 Å². The Hall–Kier alpha value is -3.54. The van der Waals surface area contributed by atoms with Crippen LogP contribution < -0.4 is 9.46 Å². The van der Waals surface area contributed by atoms with Crippen molar-refractivity contribution in [2.75, 3.05) is 31.5 Å². The van der Waals surface area contributed by atoms with E-state index in [0.717, 1.165) is 17.7 Å². The fraction of sp³-hybridized carbons (Fsp3) is 0.379. The highest BCUT2D eigenvalue weighted by Crippen LogP contribution is 2.30. The largest absolute Gasteiger partial charge is 0.488 e. The fourth-order valence-corrected chi connectivity index (χ4v) is 5.76. The summed E-state index contributed by atoms with van der Waals surface area (Å²) >= 11 is 0. The molecule has 0 saturated heterocycles. The molecule has 2 N–H and O–H groups in total. The van der Waals surface area contributed by atoms with Crippen LogP contribution in [-0.4, -0.2) is 73.1 Å². The number of amides is 1. The number of halogens is 1. The van der Waals surface area contributed by atoms with Crippen molar-refractivity contribution < 1.29 is 27.4 Å². The monoisotopic (exact) mass is 570 g/mol. The summed E-state index contributed by atoms with van der Waals surface area (Å²) in [7, 11) is -1.99. The maximum atomic E-state index is 13.4. The zero-order chi connectivity index (χ0) is 28.9. The Morgan fingerprint density at radius 2 is 1.88 bits per heavy atom. The number of hydrogen-bond acceptors (Lipinski definition) is 7. The number of benzene rings is 2. The molecule has 1 aromatic heterocycles. The molecule has 1 aliphatic heterocycles. The number of aliphatic hydroxyl groups is 1. The number of anilines is 1. The number of pyridine rings is 1. The number of nitrogens with one attached hydrogen (secondary N) is 1. The topological polar surface area (TPSA) is 112 Å². The Bertz CT molecular complexity index is 1410. The molecule has 3 aromatic rings. The van der Waals surface area contributed by atoms with E-state index in [2.05, 4.69) is 14.6 Å². The molecule has 0 spiro atoms. The summed E-state index contributed by atoms with van der Waals surface area (Å²) in [5.41, 5.74) is 1.88. The molecule has 9 nitrogen and oxygen atoms in total. The summed E-state index contributed by atoms with van der Waals surface area (Å²) in [6, 6.07) is 12.9. The lowest BCUT2D eigenvalue weighted by atomic mass is 10.0. The number of sulfonamides is 1. The number of carbonyl (C=O) groups is 1. The van der Waals surface area contributed by atoms with Crippen molar-refractivity contribution in [3.8, 4) is 5.75 Å². The Kier molecular flexibility index (Phi) is 9.39. The van der Waals surface area contributed by atoms with E-state index in [9.17, 15) is 22.7 Å². The number of nitrogens with zero attached hydrogens (tertiary/aromatic N) is 3. The van der Waals surface area contributed by atoms with Gasteiger partial charge in [0.05, 0.1) is 24.0 Å². The molecule has 1 amide bonds. The van der Waals surface area contributed by atoms with E-state index < -0.39 is 21.9 Å². The summed E-state index contributed by atoms with van der Waals surface area (Å²) in [6.07, 6.45) is 3.17. The van der Waals surface area contributed by atoms with Crippen LogP contribution in [0.4, 0.5) is 10.1 Å². The Morgan fingerprint density at radius 1 is 1.18 bits per heavy atom. The first-order valence-corrected chi connectivity index (χ1v) is 14.6. The summed E-state index contributed by atoms with van der Waals surface area (Å²) < 4.78 is 48.1. The lowest BCUT2D eigenvalue weighted by molar-refractivity contribution is -0.134. The van der Waals surface area contributed by atoms with E-state index >= 15 is 0 Å². The number of aliphatic hydroxyl groups excluding tert-OH is 1. The second-order valence-corrected chi connectivity index (χ2v) is 12.0. The number of likely N-dealkylation sites (N-methyl/N-ethyl adjacent to an activating group) is 1. The number of rotatable bonds is 9. The molecule has 3 atom stereocenters. The number of carbonyl (C=O) groups excluding carboxylic acids is 1. The van der Waals surface area contributed by atoms with Crippen molar-refractivity contribution in [1.29, 1.82) is 0 Å². The van der Waals surface area contributed by atoms with Crippen LogP contribution in [-0.2, 0) is 27.8 Å². The number of aromatic nitrogens is 1. The SMILES string of the molecule is C[C@@H]1CN([C@H](C)CO)C(=O)Cc2cc(NS(=O)(=O)c3ccc(F)cc3)ccc2O[C@@H]1CN(C)Cc1ccncc1. The summed E-state index contributed by atoms with van der Waals surface area (Å²) in [5, 5.41) is 9.85. The molecule has 0 aliphatic carbocycles. The normalized spacial score (nSPS) is 18.8. The summed E-state index contributed by atoms with van der Waals surface area (Å²) in [6.45, 7) is 5.27. The average molecular weight is 571 g/mol. The summed E-state index contributed by atoms with van der Waals surface area (Å²) in [4.78, 5) is 21.2. The van der Waals surface area contributed by atoms with Gasteiger partial charge in [-0.3, -0.25) is 19.4 Å². The van der Waals surface area contributed by atoms with Crippen molar-refractivity contribution >= 4 is 21.6 Å². The van der Waals surface area contributed by atoms with Gasteiger partial charge in [0.1, 0.15) is 17.7 Å². The lowest BCUT2D eigenvalue weighted by Crippen LogP contribution is -2.47. The van der Waals surface area contributed by atoms with Gasteiger partial charge in [-0.2, -0.15) is 0 Å². The van der Waals surface area contributed by atoms with E-state index in [0.29, 0.717) is 30.9 Å². The van der Waals surface area contributed by atoms with Crippen LogP contribution >= 0.6 is 0 Å². The molecule has 0 bridgehead atoms. The molecule has 4 rings (SSSR count). The average Bonchev–Trinajstić information content (AvgIpc) is 2.96. The van der Waals surface area contributed by atoms with Gasteiger partial charge in [-0.1, -0.05) is 6.92 Å². The highest BCUT2D eigenvalue weighted by molar-refractivity contribution is 7.92. The van der Waals surface area contributed by atoms with Crippen molar-refractivity contribution in [2.24, 2.45) is 5.92 Å². The Morgan fingerprint density at radius 3 is 2.55 bits per heavy atom. The molecule has 2 aromatic carbocycles. The van der Waals surface area contributed by atoms with Crippen LogP contribution in [0.1, 0.15) is 25.0 Å². The molecular weight excluding hydrogens is 535 g/mol. The molecule has 0 unspecified atom stereocenters. The third-order valence-electron chi connectivity index (χ3n) is 6.99. The minimum Gasteiger partial charge on any atom is -0.488 e. The van der Waals surface area contributed by atoms with Crippen LogP contribution in [0.2, 0.25) is 0 Å². The summed E-state index contributed by atoms with van der Waals surface area (Å²) in [5.74, 6) is -0.308. The fourth-order valence-electron chi connectivity index (χ4n) is 4.71. The van der Waals surface area contributed by atoms with Gasteiger partial charge < -0.3 is 14.7 Å². The van der Waals surface area contributed by atoms with Gasteiger partial charge in [0.15, 0.2) is 0 Å². The van der Waals surface area contributed by atoms with Crippen LogP contribution in [0.15, 0.2) is 71.9 Å². The van der Waals surface area contributed by atoms with E-state index in [4.69, 9.17) is 4.74 Å². The van der Waals surface area contributed by atoms with Gasteiger partial charge in [0.2, 0.25) is 5.91 Å².